The molecule has 0 N–H and O–H groups in total. The number of hydrogen-bond donors (Lipinski definition) is 0. The predicted octanol–water partition coefficient (Wildman–Crippen LogP) is 3.65. The van der Waals surface area contributed by atoms with Crippen molar-refractivity contribution < 1.29 is 4.79 Å². The van der Waals surface area contributed by atoms with E-state index in [4.69, 9.17) is 5.10 Å². The van der Waals surface area contributed by atoms with E-state index in [2.05, 4.69) is 49.4 Å². The largest absolute Gasteiger partial charge is 0.356 e. The quantitative estimate of drug-likeness (QED) is 0.654. The normalized spacial score (nSPS) is 22.2. The van der Waals surface area contributed by atoms with Crippen molar-refractivity contribution in [2.75, 3.05) is 11.9 Å². The van der Waals surface area contributed by atoms with Crippen molar-refractivity contribution in [3.63, 3.8) is 0 Å². The molecule has 2 aliphatic rings. The van der Waals surface area contributed by atoms with E-state index in [0.29, 0.717) is 30.7 Å². The van der Waals surface area contributed by atoms with Gasteiger partial charge in [-0.25, -0.2) is 9.36 Å². The van der Waals surface area contributed by atoms with Gasteiger partial charge in [0.05, 0.1) is 36.1 Å². The second kappa shape index (κ2) is 6.45. The van der Waals surface area contributed by atoms with Crippen LogP contribution in [-0.2, 0) is 13.1 Å². The fourth-order valence-corrected chi connectivity index (χ4v) is 4.79. The van der Waals surface area contributed by atoms with Gasteiger partial charge < -0.3 is 9.80 Å². The number of benzene rings is 1. The van der Waals surface area contributed by atoms with Gasteiger partial charge in [-0.2, -0.15) is 10.2 Å². The minimum Gasteiger partial charge on any atom is -0.356 e. The van der Waals surface area contributed by atoms with Crippen LogP contribution in [0.1, 0.15) is 55.4 Å². The maximum atomic E-state index is 13.4. The zero-order valence-corrected chi connectivity index (χ0v) is 18.2. The number of nitrogens with zero attached hydrogens (tertiary/aromatic N) is 6. The second-order valence-electron chi connectivity index (χ2n) is 9.11. The van der Waals surface area contributed by atoms with E-state index in [1.807, 2.05) is 41.4 Å². The van der Waals surface area contributed by atoms with Gasteiger partial charge in [0.2, 0.25) is 0 Å². The molecular weight excluding hydrogens is 376 g/mol. The number of fused-ring (bicyclic) bond motifs is 3. The van der Waals surface area contributed by atoms with Gasteiger partial charge in [-0.3, -0.25) is 4.79 Å². The first-order chi connectivity index (χ1) is 14.3. The molecule has 1 amide bonds. The molecule has 7 nitrogen and oxygen atoms in total. The lowest BCUT2D eigenvalue weighted by Crippen LogP contribution is -2.51. The Balaban J connectivity index is 1.48. The first-order valence-electron chi connectivity index (χ1n) is 10.5. The summed E-state index contributed by atoms with van der Waals surface area (Å²) < 4.78 is 3.91. The summed E-state index contributed by atoms with van der Waals surface area (Å²) in [6, 6.07) is 10.2. The van der Waals surface area contributed by atoms with Gasteiger partial charge in [0, 0.05) is 36.5 Å². The van der Waals surface area contributed by atoms with Crippen LogP contribution in [0.5, 0.6) is 0 Å². The number of carbonyl (C=O) groups is 1. The highest BCUT2D eigenvalue weighted by atomic mass is 16.2. The van der Waals surface area contributed by atoms with E-state index in [0.717, 1.165) is 17.2 Å². The van der Waals surface area contributed by atoms with Crippen LogP contribution in [0.3, 0.4) is 0 Å². The number of aromatic nitrogens is 4. The third-order valence-electron chi connectivity index (χ3n) is 7.36. The predicted molar refractivity (Wildman–Crippen MR) is 116 cm³/mol. The standard InChI is InChI=1S/C23H28N6O/c1-15-23(3,4)16(2)29-21(26(15)5)18-13-27(14-19(18)25-29)22(30)17-9-6-7-10-20(17)28-12-8-11-24-28/h6-12,15-16H,13-14H2,1-5H3. The molecule has 7 heteroatoms. The Labute approximate surface area is 176 Å². The van der Waals surface area contributed by atoms with Crippen molar-refractivity contribution in [2.45, 2.75) is 52.9 Å². The number of rotatable bonds is 2. The molecule has 1 aromatic carbocycles. The minimum absolute atomic E-state index is 0.0118. The van der Waals surface area contributed by atoms with Crippen LogP contribution < -0.4 is 4.90 Å². The van der Waals surface area contributed by atoms with Crippen molar-refractivity contribution in [3.8, 4) is 5.69 Å². The van der Waals surface area contributed by atoms with Gasteiger partial charge >= 0.3 is 0 Å². The zero-order valence-electron chi connectivity index (χ0n) is 18.2. The molecule has 2 atom stereocenters. The summed E-state index contributed by atoms with van der Waals surface area (Å²) in [6.07, 6.45) is 3.58. The number of amides is 1. The average Bonchev–Trinajstić information content (AvgIpc) is 3.46. The topological polar surface area (TPSA) is 59.2 Å². The number of carbonyl (C=O) groups excluding carboxylic acids is 1. The number of para-hydroxylation sites is 1. The second-order valence-corrected chi connectivity index (χ2v) is 9.11. The molecule has 4 heterocycles. The molecule has 0 fully saturated rings. The average molecular weight is 405 g/mol. The molecule has 0 bridgehead atoms. The summed E-state index contributed by atoms with van der Waals surface area (Å²) in [6.45, 7) is 10.3. The van der Waals surface area contributed by atoms with Gasteiger partial charge in [0.15, 0.2) is 0 Å². The molecule has 5 rings (SSSR count). The summed E-state index contributed by atoms with van der Waals surface area (Å²) in [4.78, 5) is 17.7. The van der Waals surface area contributed by atoms with Crippen molar-refractivity contribution in [2.24, 2.45) is 5.41 Å². The molecule has 0 saturated heterocycles. The summed E-state index contributed by atoms with van der Waals surface area (Å²) >= 11 is 0. The first kappa shape index (κ1) is 18.9. The fraction of sp³-hybridized carbons (Fsp3) is 0.435. The molecule has 2 aliphatic heterocycles. The van der Waals surface area contributed by atoms with Crippen LogP contribution in [0.25, 0.3) is 5.69 Å². The number of hydrogen-bond acceptors (Lipinski definition) is 4. The Morgan fingerprint density at radius 3 is 2.60 bits per heavy atom. The molecule has 0 radical (unpaired) electrons. The van der Waals surface area contributed by atoms with Crippen molar-refractivity contribution >= 4 is 11.7 Å². The highest BCUT2D eigenvalue weighted by Gasteiger charge is 2.45. The van der Waals surface area contributed by atoms with Crippen LogP contribution in [0, 0.1) is 5.41 Å². The molecule has 156 valence electrons. The zero-order chi connectivity index (χ0) is 21.2. The number of anilines is 1. The molecule has 2 aromatic heterocycles. The van der Waals surface area contributed by atoms with Gasteiger partial charge in [-0.1, -0.05) is 26.0 Å². The van der Waals surface area contributed by atoms with Crippen LogP contribution in [0.4, 0.5) is 5.82 Å². The van der Waals surface area contributed by atoms with Crippen molar-refractivity contribution in [1.82, 2.24) is 24.5 Å². The molecule has 30 heavy (non-hydrogen) atoms. The lowest BCUT2D eigenvalue weighted by molar-refractivity contribution is 0.0746. The maximum absolute atomic E-state index is 13.4. The summed E-state index contributed by atoms with van der Waals surface area (Å²) in [5, 5.41) is 9.26. The van der Waals surface area contributed by atoms with Crippen LogP contribution in [-0.4, -0.2) is 43.5 Å². The monoisotopic (exact) mass is 404 g/mol. The van der Waals surface area contributed by atoms with E-state index in [1.165, 1.54) is 5.56 Å². The van der Waals surface area contributed by atoms with Gasteiger partial charge in [-0.05, 0) is 32.0 Å². The Kier molecular flexibility index (Phi) is 4.07. The molecule has 0 aliphatic carbocycles. The summed E-state index contributed by atoms with van der Waals surface area (Å²) in [7, 11) is 2.14. The highest BCUT2D eigenvalue weighted by Crippen LogP contribution is 2.47. The fourth-order valence-electron chi connectivity index (χ4n) is 4.79. The Bertz CT molecular complexity index is 1110. The van der Waals surface area contributed by atoms with Crippen LogP contribution in [0.15, 0.2) is 42.7 Å². The third-order valence-corrected chi connectivity index (χ3v) is 7.36. The van der Waals surface area contributed by atoms with E-state index < -0.39 is 0 Å². The highest BCUT2D eigenvalue weighted by molar-refractivity contribution is 5.98. The van der Waals surface area contributed by atoms with Gasteiger partial charge in [-0.15, -0.1) is 0 Å². The first-order valence-corrected chi connectivity index (χ1v) is 10.5. The lowest BCUT2D eigenvalue weighted by atomic mass is 9.76. The molecule has 0 saturated carbocycles. The van der Waals surface area contributed by atoms with E-state index in [-0.39, 0.29) is 11.3 Å². The van der Waals surface area contributed by atoms with Gasteiger partial charge in [0.1, 0.15) is 5.82 Å². The molecule has 3 aromatic rings. The van der Waals surface area contributed by atoms with E-state index in [9.17, 15) is 4.79 Å². The molecule has 2 unspecified atom stereocenters. The minimum atomic E-state index is 0.0118. The van der Waals surface area contributed by atoms with Crippen LogP contribution >= 0.6 is 0 Å². The van der Waals surface area contributed by atoms with Crippen molar-refractivity contribution in [1.29, 1.82) is 0 Å². The Morgan fingerprint density at radius 1 is 1.10 bits per heavy atom. The van der Waals surface area contributed by atoms with Crippen molar-refractivity contribution in [3.05, 3.63) is 59.5 Å². The van der Waals surface area contributed by atoms with Crippen LogP contribution in [0.2, 0.25) is 0 Å². The Hall–Kier alpha value is -3.09. The maximum Gasteiger partial charge on any atom is 0.256 e. The lowest BCUT2D eigenvalue weighted by Gasteiger charge is -2.48. The third kappa shape index (κ3) is 2.54. The van der Waals surface area contributed by atoms with E-state index in [1.54, 1.807) is 10.9 Å². The molecular formula is C23H28N6O. The van der Waals surface area contributed by atoms with Gasteiger partial charge in [0.25, 0.3) is 5.91 Å². The summed E-state index contributed by atoms with van der Waals surface area (Å²) in [5.74, 6) is 1.16. The smallest absolute Gasteiger partial charge is 0.256 e. The SMILES string of the molecule is CC1N(C)c2c3c(nn2C(C)C1(C)C)CN(C(=O)c1ccccc1-n1cccn1)C3. The summed E-state index contributed by atoms with van der Waals surface area (Å²) in [5.41, 5.74) is 3.75. The molecule has 0 spiro atoms. The Morgan fingerprint density at radius 2 is 1.87 bits per heavy atom. The van der Waals surface area contributed by atoms with E-state index >= 15 is 0 Å².